The van der Waals surface area contributed by atoms with Gasteiger partial charge >= 0.3 is 0 Å². The van der Waals surface area contributed by atoms with Gasteiger partial charge in [-0.1, -0.05) is 42.0 Å². The summed E-state index contributed by atoms with van der Waals surface area (Å²) in [5, 5.41) is 2.80. The van der Waals surface area contributed by atoms with Crippen LogP contribution in [0.2, 0.25) is 0 Å². The van der Waals surface area contributed by atoms with Crippen molar-refractivity contribution < 1.29 is 19.1 Å². The first-order valence-corrected chi connectivity index (χ1v) is 9.41. The standard InChI is InChI=1S/C22H24N2O4/c1-16-2-4-17(5-3-16)18-6-8-19(9-7-18)22(27)23-12-14-28-15-13-24-20(25)10-11-21(24)26/h2-9H,10-15H2,1H3,(H,23,27). The van der Waals surface area contributed by atoms with E-state index in [1.54, 1.807) is 12.1 Å². The number of nitrogens with one attached hydrogen (secondary N) is 1. The van der Waals surface area contributed by atoms with Crippen molar-refractivity contribution in [2.45, 2.75) is 19.8 Å². The number of ether oxygens (including phenoxy) is 1. The average molecular weight is 380 g/mol. The van der Waals surface area contributed by atoms with Crippen LogP contribution in [0.3, 0.4) is 0 Å². The van der Waals surface area contributed by atoms with Gasteiger partial charge in [0.15, 0.2) is 0 Å². The van der Waals surface area contributed by atoms with E-state index in [0.717, 1.165) is 11.1 Å². The fourth-order valence-corrected chi connectivity index (χ4v) is 3.03. The summed E-state index contributed by atoms with van der Waals surface area (Å²) in [6.07, 6.45) is 0.579. The molecular formula is C22H24N2O4. The van der Waals surface area contributed by atoms with Gasteiger partial charge < -0.3 is 10.1 Å². The van der Waals surface area contributed by atoms with Crippen LogP contribution < -0.4 is 5.32 Å². The van der Waals surface area contributed by atoms with Gasteiger partial charge in [0, 0.05) is 24.9 Å². The third-order valence-electron chi connectivity index (χ3n) is 4.68. The molecule has 0 atom stereocenters. The van der Waals surface area contributed by atoms with E-state index in [9.17, 15) is 14.4 Å². The Hall–Kier alpha value is -2.99. The zero-order valence-corrected chi connectivity index (χ0v) is 15.9. The van der Waals surface area contributed by atoms with Crippen LogP contribution >= 0.6 is 0 Å². The Labute approximate surface area is 164 Å². The molecule has 6 heteroatoms. The number of rotatable bonds is 8. The van der Waals surface area contributed by atoms with Gasteiger partial charge in [0.1, 0.15) is 0 Å². The van der Waals surface area contributed by atoms with E-state index in [1.807, 2.05) is 19.1 Å². The molecule has 0 aliphatic carbocycles. The number of hydrogen-bond acceptors (Lipinski definition) is 4. The number of imide groups is 1. The van der Waals surface area contributed by atoms with Crippen LogP contribution in [-0.4, -0.2) is 48.9 Å². The van der Waals surface area contributed by atoms with Gasteiger partial charge in [0.05, 0.1) is 19.8 Å². The summed E-state index contributed by atoms with van der Waals surface area (Å²) in [6, 6.07) is 15.7. The molecule has 1 saturated heterocycles. The minimum atomic E-state index is -0.163. The lowest BCUT2D eigenvalue weighted by molar-refractivity contribution is -0.139. The third kappa shape index (κ3) is 5.04. The van der Waals surface area contributed by atoms with Crippen molar-refractivity contribution in [3.05, 3.63) is 59.7 Å². The van der Waals surface area contributed by atoms with Crippen molar-refractivity contribution >= 4 is 17.7 Å². The Balaban J connectivity index is 1.38. The first-order chi connectivity index (χ1) is 13.5. The molecule has 0 spiro atoms. The quantitative estimate of drug-likeness (QED) is 0.564. The first kappa shape index (κ1) is 19.8. The minimum absolute atomic E-state index is 0.143. The predicted octanol–water partition coefficient (Wildman–Crippen LogP) is 2.56. The molecule has 1 heterocycles. The lowest BCUT2D eigenvalue weighted by Crippen LogP contribution is -2.33. The highest BCUT2D eigenvalue weighted by molar-refractivity contribution is 6.01. The molecule has 1 fully saturated rings. The third-order valence-corrected chi connectivity index (χ3v) is 4.68. The summed E-state index contributed by atoms with van der Waals surface area (Å²) in [7, 11) is 0. The molecule has 6 nitrogen and oxygen atoms in total. The Bertz CT molecular complexity index is 828. The maximum Gasteiger partial charge on any atom is 0.251 e. The highest BCUT2D eigenvalue weighted by Crippen LogP contribution is 2.20. The zero-order valence-electron chi connectivity index (χ0n) is 15.9. The van der Waals surface area contributed by atoms with Crippen LogP contribution in [0.15, 0.2) is 48.5 Å². The molecule has 0 bridgehead atoms. The van der Waals surface area contributed by atoms with Crippen LogP contribution in [0.25, 0.3) is 11.1 Å². The van der Waals surface area contributed by atoms with E-state index in [4.69, 9.17) is 4.74 Å². The monoisotopic (exact) mass is 380 g/mol. The van der Waals surface area contributed by atoms with Crippen molar-refractivity contribution in [1.82, 2.24) is 10.2 Å². The summed E-state index contributed by atoms with van der Waals surface area (Å²) >= 11 is 0. The summed E-state index contributed by atoms with van der Waals surface area (Å²) in [4.78, 5) is 36.4. The smallest absolute Gasteiger partial charge is 0.251 e. The largest absolute Gasteiger partial charge is 0.378 e. The molecular weight excluding hydrogens is 356 g/mol. The molecule has 3 rings (SSSR count). The molecule has 2 aromatic rings. The second kappa shape index (κ2) is 9.28. The fraction of sp³-hybridized carbons (Fsp3) is 0.318. The van der Waals surface area contributed by atoms with Gasteiger partial charge in [-0.2, -0.15) is 0 Å². The number of nitrogens with zero attached hydrogens (tertiary/aromatic N) is 1. The maximum absolute atomic E-state index is 12.2. The van der Waals surface area contributed by atoms with Crippen molar-refractivity contribution in [3.8, 4) is 11.1 Å². The van der Waals surface area contributed by atoms with Crippen LogP contribution in [0.1, 0.15) is 28.8 Å². The Morgan fingerprint density at radius 2 is 1.50 bits per heavy atom. The Kier molecular flexibility index (Phi) is 6.55. The van der Waals surface area contributed by atoms with E-state index in [2.05, 4.69) is 29.6 Å². The average Bonchev–Trinajstić information content (AvgIpc) is 3.03. The van der Waals surface area contributed by atoms with E-state index in [0.29, 0.717) is 18.7 Å². The SMILES string of the molecule is Cc1ccc(-c2ccc(C(=O)NCCOCCN3C(=O)CCC3=O)cc2)cc1. The second-order valence-electron chi connectivity index (χ2n) is 6.75. The fourth-order valence-electron chi connectivity index (χ4n) is 3.03. The summed E-state index contributed by atoms with van der Waals surface area (Å²) in [5.74, 6) is -0.448. The van der Waals surface area contributed by atoms with E-state index >= 15 is 0 Å². The second-order valence-corrected chi connectivity index (χ2v) is 6.75. The number of hydrogen-bond donors (Lipinski definition) is 1. The van der Waals surface area contributed by atoms with Crippen molar-refractivity contribution in [3.63, 3.8) is 0 Å². The van der Waals surface area contributed by atoms with Gasteiger partial charge in [-0.25, -0.2) is 0 Å². The van der Waals surface area contributed by atoms with Gasteiger partial charge in [0.25, 0.3) is 5.91 Å². The summed E-state index contributed by atoms with van der Waals surface area (Å²) < 4.78 is 5.40. The number of carbonyl (C=O) groups excluding carboxylic acids is 3. The summed E-state index contributed by atoms with van der Waals surface area (Å²) in [6.45, 7) is 3.28. The number of carbonyl (C=O) groups is 3. The van der Waals surface area contributed by atoms with Gasteiger partial charge in [-0.05, 0) is 30.2 Å². The van der Waals surface area contributed by atoms with Crippen LogP contribution in [0.5, 0.6) is 0 Å². The molecule has 2 aromatic carbocycles. The van der Waals surface area contributed by atoms with E-state index < -0.39 is 0 Å². The number of benzene rings is 2. The lowest BCUT2D eigenvalue weighted by Gasteiger charge is -2.13. The normalized spacial score (nSPS) is 13.8. The van der Waals surface area contributed by atoms with E-state index in [-0.39, 0.29) is 43.7 Å². The highest BCUT2D eigenvalue weighted by atomic mass is 16.5. The number of amides is 3. The molecule has 1 aliphatic heterocycles. The molecule has 0 radical (unpaired) electrons. The predicted molar refractivity (Wildman–Crippen MR) is 106 cm³/mol. The summed E-state index contributed by atoms with van der Waals surface area (Å²) in [5.41, 5.74) is 3.97. The minimum Gasteiger partial charge on any atom is -0.378 e. The topological polar surface area (TPSA) is 75.7 Å². The Morgan fingerprint density at radius 1 is 0.929 bits per heavy atom. The molecule has 28 heavy (non-hydrogen) atoms. The molecule has 1 N–H and O–H groups in total. The van der Waals surface area contributed by atoms with E-state index in [1.165, 1.54) is 10.5 Å². The highest BCUT2D eigenvalue weighted by Gasteiger charge is 2.28. The zero-order chi connectivity index (χ0) is 19.9. The van der Waals surface area contributed by atoms with Crippen molar-refractivity contribution in [1.29, 1.82) is 0 Å². The maximum atomic E-state index is 12.2. The van der Waals surface area contributed by atoms with Crippen molar-refractivity contribution in [2.24, 2.45) is 0 Å². The molecule has 146 valence electrons. The number of aryl methyl sites for hydroxylation is 1. The van der Waals surface area contributed by atoms with Gasteiger partial charge in [-0.3, -0.25) is 19.3 Å². The lowest BCUT2D eigenvalue weighted by atomic mass is 10.0. The van der Waals surface area contributed by atoms with Crippen LogP contribution in [0.4, 0.5) is 0 Å². The van der Waals surface area contributed by atoms with Crippen molar-refractivity contribution in [2.75, 3.05) is 26.3 Å². The number of likely N-dealkylation sites (tertiary alicyclic amines) is 1. The Morgan fingerprint density at radius 3 is 2.11 bits per heavy atom. The first-order valence-electron chi connectivity index (χ1n) is 9.41. The van der Waals surface area contributed by atoms with Crippen LogP contribution in [-0.2, 0) is 14.3 Å². The molecule has 0 aromatic heterocycles. The van der Waals surface area contributed by atoms with Gasteiger partial charge in [-0.15, -0.1) is 0 Å². The molecule has 1 aliphatic rings. The van der Waals surface area contributed by atoms with Gasteiger partial charge in [0.2, 0.25) is 11.8 Å². The van der Waals surface area contributed by atoms with Crippen LogP contribution in [0, 0.1) is 6.92 Å². The molecule has 0 saturated carbocycles. The molecule has 0 unspecified atom stereocenters. The molecule has 3 amide bonds.